The summed E-state index contributed by atoms with van der Waals surface area (Å²) in [6, 6.07) is 11.7. The van der Waals surface area contributed by atoms with Gasteiger partial charge in [-0.25, -0.2) is 9.97 Å². The number of piperidine rings is 2. The van der Waals surface area contributed by atoms with Gasteiger partial charge in [0.25, 0.3) is 0 Å². The van der Waals surface area contributed by atoms with E-state index in [1.165, 1.54) is 30.6 Å². The molecular weight excluding hydrogens is 580 g/mol. The first-order valence-corrected chi connectivity index (χ1v) is 14.5. The van der Waals surface area contributed by atoms with Gasteiger partial charge < -0.3 is 19.9 Å². The summed E-state index contributed by atoms with van der Waals surface area (Å²) >= 11 is -0.117. The van der Waals surface area contributed by atoms with Crippen LogP contribution in [0.2, 0.25) is 0 Å². The van der Waals surface area contributed by atoms with Crippen molar-refractivity contribution < 1.29 is 31.1 Å². The maximum Gasteiger partial charge on any atom is 0.446 e. The second-order valence-corrected chi connectivity index (χ2v) is 11.6. The highest BCUT2D eigenvalue weighted by Gasteiger charge is 2.31. The Hall–Kier alpha value is -3.35. The molecule has 1 N–H and O–H groups in total. The van der Waals surface area contributed by atoms with Crippen molar-refractivity contribution in [2.75, 3.05) is 41.3 Å². The Kier molecular flexibility index (Phi) is 8.95. The first kappa shape index (κ1) is 30.1. The molecule has 0 unspecified atom stereocenters. The van der Waals surface area contributed by atoms with Crippen LogP contribution >= 0.6 is 11.8 Å². The van der Waals surface area contributed by atoms with Crippen molar-refractivity contribution >= 4 is 29.0 Å². The minimum atomic E-state index is -4.35. The van der Waals surface area contributed by atoms with E-state index in [9.17, 15) is 26.3 Å². The van der Waals surface area contributed by atoms with E-state index in [2.05, 4.69) is 25.1 Å². The Labute approximate surface area is 244 Å². The first-order valence-electron chi connectivity index (χ1n) is 13.7. The quantitative estimate of drug-likeness (QED) is 0.219. The Morgan fingerprint density at radius 1 is 0.810 bits per heavy atom. The van der Waals surface area contributed by atoms with Gasteiger partial charge in [0.15, 0.2) is 0 Å². The second kappa shape index (κ2) is 12.5. The minimum Gasteiger partial charge on any atom is -0.474 e. The standard InChI is InChI=1S/C29H31F6N5OS/c1-19-26(40-14-10-22(11-15-40)38-21-4-2-20(3-5-21)28(30,31)32)36-18-37-27(19)41-24-12-16-39(17-13-24)23-6-8-25(9-7-23)42-29(33,34)35/h2-9,18,22,24,38H,10-17H2,1H3. The van der Waals surface area contributed by atoms with Crippen LogP contribution in [0.5, 0.6) is 5.88 Å². The zero-order chi connectivity index (χ0) is 29.9. The molecule has 226 valence electrons. The zero-order valence-electron chi connectivity index (χ0n) is 22.9. The number of hydrogen-bond acceptors (Lipinski definition) is 7. The van der Waals surface area contributed by atoms with Crippen molar-refractivity contribution in [3.05, 3.63) is 66.0 Å². The highest BCUT2D eigenvalue weighted by atomic mass is 32.2. The molecule has 2 aliphatic rings. The predicted octanol–water partition coefficient (Wildman–Crippen LogP) is 7.54. The summed E-state index contributed by atoms with van der Waals surface area (Å²) in [5.74, 6) is 1.35. The number of halogens is 6. The van der Waals surface area contributed by atoms with Crippen molar-refractivity contribution in [2.45, 2.75) is 61.3 Å². The van der Waals surface area contributed by atoms with Gasteiger partial charge >= 0.3 is 11.7 Å². The Bertz CT molecular complexity index is 1320. The lowest BCUT2D eigenvalue weighted by atomic mass is 10.0. The third-order valence-corrected chi connectivity index (χ3v) is 8.28. The number of nitrogens with one attached hydrogen (secondary N) is 1. The maximum atomic E-state index is 12.8. The monoisotopic (exact) mass is 611 g/mol. The third-order valence-electron chi connectivity index (χ3n) is 7.54. The zero-order valence-corrected chi connectivity index (χ0v) is 23.7. The van der Waals surface area contributed by atoms with Gasteiger partial charge in [0.1, 0.15) is 18.2 Å². The summed E-state index contributed by atoms with van der Waals surface area (Å²) in [5.41, 5.74) is -2.56. The molecule has 3 aromatic rings. The molecule has 0 radical (unpaired) electrons. The van der Waals surface area contributed by atoms with Crippen molar-refractivity contribution in [2.24, 2.45) is 0 Å². The lowest BCUT2D eigenvalue weighted by molar-refractivity contribution is -0.137. The molecule has 42 heavy (non-hydrogen) atoms. The normalized spacial score (nSPS) is 17.4. The first-order chi connectivity index (χ1) is 19.9. The highest BCUT2D eigenvalue weighted by Crippen LogP contribution is 2.38. The van der Waals surface area contributed by atoms with Crippen LogP contribution in [0.4, 0.5) is 43.5 Å². The van der Waals surface area contributed by atoms with Gasteiger partial charge in [0.2, 0.25) is 5.88 Å². The molecule has 5 rings (SSSR count). The molecule has 1 aromatic heterocycles. The minimum absolute atomic E-state index is 0.0403. The lowest BCUT2D eigenvalue weighted by Crippen LogP contribution is -2.40. The number of benzene rings is 2. The van der Waals surface area contributed by atoms with E-state index < -0.39 is 17.2 Å². The fraction of sp³-hybridized carbons (Fsp3) is 0.448. The molecule has 0 aliphatic carbocycles. The average Bonchev–Trinajstić information content (AvgIpc) is 2.95. The lowest BCUT2D eigenvalue weighted by Gasteiger charge is -2.35. The van der Waals surface area contributed by atoms with Crippen LogP contribution in [0.25, 0.3) is 0 Å². The van der Waals surface area contributed by atoms with E-state index in [1.807, 2.05) is 6.92 Å². The molecule has 6 nitrogen and oxygen atoms in total. The smallest absolute Gasteiger partial charge is 0.446 e. The van der Waals surface area contributed by atoms with Gasteiger partial charge in [-0.05, 0) is 80.1 Å². The molecule has 0 amide bonds. The molecule has 0 atom stereocenters. The molecule has 2 saturated heterocycles. The maximum absolute atomic E-state index is 12.8. The van der Waals surface area contributed by atoms with Gasteiger partial charge in [0, 0.05) is 61.3 Å². The summed E-state index contributed by atoms with van der Waals surface area (Å²) in [6.07, 6.45) is 0.207. The number of anilines is 3. The van der Waals surface area contributed by atoms with Crippen LogP contribution in [-0.4, -0.2) is 53.8 Å². The number of hydrogen-bond donors (Lipinski definition) is 1. The molecule has 0 saturated carbocycles. The SMILES string of the molecule is Cc1c(OC2CCN(c3ccc(SC(F)(F)F)cc3)CC2)ncnc1N1CCC(Nc2ccc(C(F)(F)F)cc2)CC1. The van der Waals surface area contributed by atoms with Crippen molar-refractivity contribution in [3.8, 4) is 5.88 Å². The largest absolute Gasteiger partial charge is 0.474 e. The molecule has 2 fully saturated rings. The summed E-state index contributed by atoms with van der Waals surface area (Å²) in [6.45, 7) is 4.83. The van der Waals surface area contributed by atoms with Crippen molar-refractivity contribution in [3.63, 3.8) is 0 Å². The van der Waals surface area contributed by atoms with E-state index in [4.69, 9.17) is 4.74 Å². The molecule has 0 spiro atoms. The van der Waals surface area contributed by atoms with Gasteiger partial charge in [-0.3, -0.25) is 0 Å². The Morgan fingerprint density at radius 3 is 2.02 bits per heavy atom. The summed E-state index contributed by atoms with van der Waals surface area (Å²) in [7, 11) is 0. The van der Waals surface area contributed by atoms with Crippen LogP contribution in [0.3, 0.4) is 0 Å². The topological polar surface area (TPSA) is 53.5 Å². The summed E-state index contributed by atoms with van der Waals surface area (Å²) < 4.78 is 82.6. The summed E-state index contributed by atoms with van der Waals surface area (Å²) in [4.78, 5) is 13.4. The fourth-order valence-electron chi connectivity index (χ4n) is 5.34. The van der Waals surface area contributed by atoms with Gasteiger partial charge in [-0.2, -0.15) is 26.3 Å². The van der Waals surface area contributed by atoms with Crippen LogP contribution in [-0.2, 0) is 6.18 Å². The molecule has 3 heterocycles. The number of aromatic nitrogens is 2. The van der Waals surface area contributed by atoms with Crippen LogP contribution in [0.1, 0.15) is 36.8 Å². The number of nitrogens with zero attached hydrogens (tertiary/aromatic N) is 4. The molecule has 2 aliphatic heterocycles. The van der Waals surface area contributed by atoms with Gasteiger partial charge in [-0.15, -0.1) is 0 Å². The van der Waals surface area contributed by atoms with Crippen LogP contribution < -0.4 is 19.9 Å². The van der Waals surface area contributed by atoms with E-state index in [0.29, 0.717) is 24.7 Å². The van der Waals surface area contributed by atoms with E-state index in [0.717, 1.165) is 68.0 Å². The van der Waals surface area contributed by atoms with Crippen molar-refractivity contribution in [1.29, 1.82) is 0 Å². The second-order valence-electron chi connectivity index (χ2n) is 10.5. The Morgan fingerprint density at radius 2 is 1.43 bits per heavy atom. The number of thioether (sulfide) groups is 1. The van der Waals surface area contributed by atoms with Crippen molar-refractivity contribution in [1.82, 2.24) is 9.97 Å². The summed E-state index contributed by atoms with van der Waals surface area (Å²) in [5, 5.41) is 3.34. The number of ether oxygens (including phenoxy) is 1. The highest BCUT2D eigenvalue weighted by molar-refractivity contribution is 8.00. The van der Waals surface area contributed by atoms with Crippen LogP contribution in [0.15, 0.2) is 59.8 Å². The van der Waals surface area contributed by atoms with E-state index >= 15 is 0 Å². The van der Waals surface area contributed by atoms with E-state index in [-0.39, 0.29) is 28.8 Å². The molecular formula is C29H31F6N5OS. The molecule has 13 heteroatoms. The van der Waals surface area contributed by atoms with Crippen LogP contribution in [0, 0.1) is 6.92 Å². The van der Waals surface area contributed by atoms with Gasteiger partial charge in [-0.1, -0.05) is 0 Å². The Balaban J connectivity index is 1.11. The molecule has 0 bridgehead atoms. The molecule has 2 aromatic carbocycles. The van der Waals surface area contributed by atoms with Gasteiger partial charge in [0.05, 0.1) is 11.1 Å². The fourth-order valence-corrected chi connectivity index (χ4v) is 5.88. The number of alkyl halides is 6. The average molecular weight is 612 g/mol. The van der Waals surface area contributed by atoms with E-state index in [1.54, 1.807) is 12.1 Å². The predicted molar refractivity (Wildman–Crippen MR) is 151 cm³/mol. The number of rotatable bonds is 7. The third kappa shape index (κ3) is 7.73.